The average Bonchev–Trinajstić information content (AvgIpc) is 2.96. The highest BCUT2D eigenvalue weighted by Gasteiger charge is 2.57. The Morgan fingerprint density at radius 3 is 2.33 bits per heavy atom. The second-order valence-electron chi connectivity index (χ2n) is 8.12. The van der Waals surface area contributed by atoms with Crippen LogP contribution in [0.3, 0.4) is 0 Å². The van der Waals surface area contributed by atoms with Gasteiger partial charge in [-0.1, -0.05) is 65.3 Å². The van der Waals surface area contributed by atoms with Crippen LogP contribution in [0.1, 0.15) is 43.1 Å². The second kappa shape index (κ2) is 9.13. The molecule has 1 aliphatic rings. The Hall–Kier alpha value is -2.47. The molecular weight excluding hydrogens is 446 g/mol. The molecule has 30 heavy (non-hydrogen) atoms. The van der Waals surface area contributed by atoms with E-state index in [9.17, 15) is 14.4 Å². The molecule has 0 radical (unpaired) electrons. The lowest BCUT2D eigenvalue weighted by atomic mass is 9.70. The maximum atomic E-state index is 13.3. The van der Waals surface area contributed by atoms with Gasteiger partial charge in [0.05, 0.1) is 0 Å². The number of carbonyl (C=O) groups is 3. The number of ketones is 1. The Bertz CT molecular complexity index is 924. The lowest BCUT2D eigenvalue weighted by molar-refractivity contribution is -0.150. The van der Waals surface area contributed by atoms with Crippen molar-refractivity contribution < 1.29 is 19.1 Å². The van der Waals surface area contributed by atoms with E-state index in [1.165, 1.54) is 0 Å². The predicted octanol–water partition coefficient (Wildman–Crippen LogP) is 4.54. The highest BCUT2D eigenvalue weighted by molar-refractivity contribution is 9.10. The molecule has 5 nitrogen and oxygen atoms in total. The Morgan fingerprint density at radius 2 is 1.73 bits per heavy atom. The van der Waals surface area contributed by atoms with E-state index < -0.39 is 35.2 Å². The van der Waals surface area contributed by atoms with Gasteiger partial charge in [0.2, 0.25) is 5.91 Å². The van der Waals surface area contributed by atoms with Crippen LogP contribution < -0.4 is 5.32 Å². The molecule has 158 valence electrons. The Kier molecular flexibility index (Phi) is 6.76. The van der Waals surface area contributed by atoms with E-state index in [4.69, 9.17) is 4.74 Å². The molecule has 0 saturated carbocycles. The minimum Gasteiger partial charge on any atom is -0.459 e. The van der Waals surface area contributed by atoms with Gasteiger partial charge in [-0.15, -0.1) is 0 Å². The van der Waals surface area contributed by atoms with Gasteiger partial charge >= 0.3 is 5.97 Å². The number of benzene rings is 2. The summed E-state index contributed by atoms with van der Waals surface area (Å²) in [5, 5.41) is 2.85. The Labute approximate surface area is 185 Å². The van der Waals surface area contributed by atoms with Gasteiger partial charge in [-0.05, 0) is 38.0 Å². The quantitative estimate of drug-likeness (QED) is 0.365. The maximum Gasteiger partial charge on any atom is 0.319 e. The average molecular weight is 472 g/mol. The molecule has 0 spiro atoms. The topological polar surface area (TPSA) is 72.5 Å². The fraction of sp³-hybridized carbons (Fsp3) is 0.375. The highest BCUT2D eigenvalue weighted by atomic mass is 79.9. The summed E-state index contributed by atoms with van der Waals surface area (Å²) >= 11 is 3.38. The number of hydrogen-bond donors (Lipinski definition) is 1. The van der Waals surface area contributed by atoms with Crippen molar-refractivity contribution in [1.29, 1.82) is 0 Å². The molecule has 0 aliphatic carbocycles. The van der Waals surface area contributed by atoms with Gasteiger partial charge in [-0.2, -0.15) is 0 Å². The van der Waals surface area contributed by atoms with Crippen LogP contribution in [0.4, 0.5) is 0 Å². The minimum atomic E-state index is -1.02. The molecular formula is C24H26BrNO4. The van der Waals surface area contributed by atoms with Crippen molar-refractivity contribution in [2.24, 2.45) is 17.8 Å². The fourth-order valence-corrected chi connectivity index (χ4v) is 4.52. The van der Waals surface area contributed by atoms with Crippen molar-refractivity contribution in [3.8, 4) is 0 Å². The first-order valence-electron chi connectivity index (χ1n) is 10.1. The monoisotopic (exact) mass is 471 g/mol. The molecule has 0 unspecified atom stereocenters. The first-order valence-corrected chi connectivity index (χ1v) is 10.9. The number of ether oxygens (including phenoxy) is 1. The van der Waals surface area contributed by atoms with E-state index in [0.717, 1.165) is 10.0 Å². The molecule has 1 N–H and O–H groups in total. The second-order valence-corrected chi connectivity index (χ2v) is 9.03. The number of nitrogens with one attached hydrogen (secondary N) is 1. The van der Waals surface area contributed by atoms with Crippen LogP contribution in [0.5, 0.6) is 0 Å². The number of hydrogen-bond acceptors (Lipinski definition) is 4. The number of cyclic esters (lactones) is 1. The molecule has 2 aromatic carbocycles. The van der Waals surface area contributed by atoms with Crippen LogP contribution in [-0.4, -0.2) is 23.3 Å². The van der Waals surface area contributed by atoms with E-state index in [-0.39, 0.29) is 5.78 Å². The SMILES string of the molecule is CC[C@H](C(=O)c1ccc(Br)cc1)[C@@H]1[C@H](C(=O)NCc2ccccc2)C(=O)OC1(C)C. The lowest BCUT2D eigenvalue weighted by Crippen LogP contribution is -2.44. The molecule has 1 saturated heterocycles. The Balaban J connectivity index is 1.85. The number of amides is 1. The summed E-state index contributed by atoms with van der Waals surface area (Å²) < 4.78 is 6.46. The van der Waals surface area contributed by atoms with Crippen LogP contribution >= 0.6 is 15.9 Å². The van der Waals surface area contributed by atoms with Crippen LogP contribution in [0.15, 0.2) is 59.1 Å². The van der Waals surface area contributed by atoms with Gasteiger partial charge in [0, 0.05) is 28.4 Å². The highest BCUT2D eigenvalue weighted by Crippen LogP contribution is 2.44. The minimum absolute atomic E-state index is 0.0813. The third-order valence-corrected chi connectivity index (χ3v) is 6.24. The summed E-state index contributed by atoms with van der Waals surface area (Å²) in [7, 11) is 0. The molecule has 6 heteroatoms. The van der Waals surface area contributed by atoms with E-state index >= 15 is 0 Å². The molecule has 1 heterocycles. The zero-order chi connectivity index (χ0) is 21.9. The molecule has 0 bridgehead atoms. The first-order chi connectivity index (χ1) is 14.2. The van der Waals surface area contributed by atoms with E-state index in [1.54, 1.807) is 26.0 Å². The number of Topliss-reactive ketones (excluding diaryl/α,β-unsaturated/α-hetero) is 1. The van der Waals surface area contributed by atoms with Crippen LogP contribution in [0, 0.1) is 17.8 Å². The standard InChI is InChI=1S/C24H26BrNO4/c1-4-18(21(27)16-10-12-17(25)13-11-16)20-19(23(29)30-24(20,2)3)22(28)26-14-15-8-6-5-7-9-15/h5-13,18-20H,4,14H2,1-3H3,(H,26,28)/t18-,19+,20+/m0/s1. The van der Waals surface area contributed by atoms with Crippen molar-refractivity contribution >= 4 is 33.6 Å². The molecule has 3 rings (SSSR count). The third kappa shape index (κ3) is 4.64. The van der Waals surface area contributed by atoms with Crippen LogP contribution in [0.2, 0.25) is 0 Å². The zero-order valence-electron chi connectivity index (χ0n) is 17.4. The summed E-state index contributed by atoms with van der Waals surface area (Å²) in [6, 6.07) is 16.6. The predicted molar refractivity (Wildman–Crippen MR) is 118 cm³/mol. The normalized spacial score (nSPS) is 21.0. The number of esters is 1. The first kappa shape index (κ1) is 22.2. The van der Waals surface area contributed by atoms with Gasteiger partial charge in [-0.3, -0.25) is 14.4 Å². The van der Waals surface area contributed by atoms with Gasteiger partial charge in [-0.25, -0.2) is 0 Å². The fourth-order valence-electron chi connectivity index (χ4n) is 4.25. The number of halogens is 1. The molecule has 1 amide bonds. The van der Waals surface area contributed by atoms with Gasteiger partial charge in [0.1, 0.15) is 11.5 Å². The van der Waals surface area contributed by atoms with Crippen molar-refractivity contribution in [2.75, 3.05) is 0 Å². The summed E-state index contributed by atoms with van der Waals surface area (Å²) in [6.45, 7) is 5.77. The van der Waals surface area contributed by atoms with Crippen molar-refractivity contribution in [1.82, 2.24) is 5.32 Å². The largest absolute Gasteiger partial charge is 0.459 e. The third-order valence-electron chi connectivity index (χ3n) is 5.71. The van der Waals surface area contributed by atoms with Crippen molar-refractivity contribution in [2.45, 2.75) is 39.3 Å². The van der Waals surface area contributed by atoms with Gasteiger partial charge in [0.25, 0.3) is 0 Å². The zero-order valence-corrected chi connectivity index (χ0v) is 18.9. The van der Waals surface area contributed by atoms with Gasteiger partial charge < -0.3 is 10.1 Å². The van der Waals surface area contributed by atoms with Crippen LogP contribution in [0.25, 0.3) is 0 Å². The molecule has 2 aromatic rings. The number of rotatable bonds is 7. The van der Waals surface area contributed by atoms with Crippen LogP contribution in [-0.2, 0) is 20.9 Å². The number of carbonyl (C=O) groups excluding carboxylic acids is 3. The summed E-state index contributed by atoms with van der Waals surface area (Å²) in [5.41, 5.74) is 0.576. The van der Waals surface area contributed by atoms with E-state index in [0.29, 0.717) is 18.5 Å². The maximum absolute atomic E-state index is 13.3. The molecule has 1 fully saturated rings. The molecule has 1 aliphatic heterocycles. The summed E-state index contributed by atoms with van der Waals surface area (Å²) in [6.07, 6.45) is 0.502. The van der Waals surface area contributed by atoms with Gasteiger partial charge in [0.15, 0.2) is 5.78 Å². The smallest absolute Gasteiger partial charge is 0.319 e. The molecule has 3 atom stereocenters. The van der Waals surface area contributed by atoms with E-state index in [1.807, 2.05) is 49.4 Å². The van der Waals surface area contributed by atoms with E-state index in [2.05, 4.69) is 21.2 Å². The Morgan fingerprint density at radius 1 is 1.10 bits per heavy atom. The lowest BCUT2D eigenvalue weighted by Gasteiger charge is -2.32. The van der Waals surface area contributed by atoms with Crippen molar-refractivity contribution in [3.63, 3.8) is 0 Å². The molecule has 0 aromatic heterocycles. The summed E-state index contributed by atoms with van der Waals surface area (Å²) in [5.74, 6) is -3.14. The van der Waals surface area contributed by atoms with Crippen molar-refractivity contribution in [3.05, 3.63) is 70.2 Å². The summed E-state index contributed by atoms with van der Waals surface area (Å²) in [4.78, 5) is 39.0.